The lowest BCUT2D eigenvalue weighted by molar-refractivity contribution is -0.0357. The van der Waals surface area contributed by atoms with Gasteiger partial charge in [0.05, 0.1) is 24.4 Å². The summed E-state index contributed by atoms with van der Waals surface area (Å²) in [5.41, 5.74) is 0.292. The van der Waals surface area contributed by atoms with Gasteiger partial charge in [-0.15, -0.1) is 0 Å². The number of nitrogens with zero attached hydrogens (tertiary/aromatic N) is 3. The number of aromatic nitrogens is 1. The molecular weight excluding hydrogens is 474 g/mol. The van der Waals surface area contributed by atoms with Crippen LogP contribution in [0.25, 0.3) is 0 Å². The number of pyridine rings is 1. The first kappa shape index (κ1) is 26.7. The van der Waals surface area contributed by atoms with Gasteiger partial charge in [-0.3, -0.25) is 9.80 Å². The lowest BCUT2D eigenvalue weighted by Gasteiger charge is -2.34. The Kier molecular flexibility index (Phi) is 9.17. The SMILES string of the molecule is C=C1C[C@@H](C2OCCN2C(=O)OC[C@@H](SSc2ccccn2)C(C)C)N(C(=O)OC(C)(C)C)C1. The Morgan fingerprint density at radius 1 is 1.26 bits per heavy atom. The largest absolute Gasteiger partial charge is 0.448 e. The molecule has 8 nitrogen and oxygen atoms in total. The number of likely N-dealkylation sites (tertiary alicyclic amines) is 1. The van der Waals surface area contributed by atoms with Gasteiger partial charge in [0.15, 0.2) is 6.23 Å². The van der Waals surface area contributed by atoms with Gasteiger partial charge in [-0.05, 0) is 56.0 Å². The van der Waals surface area contributed by atoms with E-state index in [0.29, 0.717) is 32.0 Å². The zero-order valence-corrected chi connectivity index (χ0v) is 22.2. The number of carbonyl (C=O) groups excluding carboxylic acids is 2. The third-order valence-electron chi connectivity index (χ3n) is 5.42. The van der Waals surface area contributed by atoms with Gasteiger partial charge in [-0.2, -0.15) is 0 Å². The molecule has 0 aliphatic carbocycles. The molecule has 0 bridgehead atoms. The topological polar surface area (TPSA) is 81.2 Å². The zero-order chi connectivity index (χ0) is 24.9. The van der Waals surface area contributed by atoms with Gasteiger partial charge in [0.25, 0.3) is 0 Å². The van der Waals surface area contributed by atoms with Crippen LogP contribution < -0.4 is 0 Å². The van der Waals surface area contributed by atoms with Crippen molar-refractivity contribution in [2.45, 2.75) is 69.2 Å². The van der Waals surface area contributed by atoms with Crippen LogP contribution in [0.4, 0.5) is 9.59 Å². The lowest BCUT2D eigenvalue weighted by Crippen LogP contribution is -2.51. The molecule has 10 heteroatoms. The van der Waals surface area contributed by atoms with Crippen molar-refractivity contribution in [3.63, 3.8) is 0 Å². The molecule has 0 spiro atoms. The molecule has 0 radical (unpaired) electrons. The average molecular weight is 510 g/mol. The van der Waals surface area contributed by atoms with E-state index in [-0.39, 0.29) is 17.9 Å². The lowest BCUT2D eigenvalue weighted by atomic mass is 10.1. The van der Waals surface area contributed by atoms with E-state index in [1.54, 1.807) is 37.6 Å². The van der Waals surface area contributed by atoms with Gasteiger partial charge < -0.3 is 14.2 Å². The molecule has 2 aliphatic rings. The average Bonchev–Trinajstić information content (AvgIpc) is 3.39. The Morgan fingerprint density at radius 2 is 2.03 bits per heavy atom. The molecule has 0 saturated carbocycles. The van der Waals surface area contributed by atoms with E-state index in [9.17, 15) is 9.59 Å². The van der Waals surface area contributed by atoms with Crippen LogP contribution in [-0.2, 0) is 14.2 Å². The van der Waals surface area contributed by atoms with Crippen molar-refractivity contribution in [1.82, 2.24) is 14.8 Å². The van der Waals surface area contributed by atoms with Gasteiger partial charge in [0, 0.05) is 12.7 Å². The maximum atomic E-state index is 13.0. The molecule has 3 atom stereocenters. The van der Waals surface area contributed by atoms with Crippen molar-refractivity contribution < 1.29 is 23.8 Å². The van der Waals surface area contributed by atoms with Crippen molar-refractivity contribution in [3.05, 3.63) is 36.5 Å². The molecule has 3 heterocycles. The summed E-state index contributed by atoms with van der Waals surface area (Å²) in [5, 5.41) is 1.02. The first-order valence-corrected chi connectivity index (χ1v) is 13.7. The van der Waals surface area contributed by atoms with E-state index in [2.05, 4.69) is 25.4 Å². The van der Waals surface area contributed by atoms with Gasteiger partial charge in [-0.1, -0.05) is 42.9 Å². The van der Waals surface area contributed by atoms with E-state index in [1.165, 1.54) is 0 Å². The van der Waals surface area contributed by atoms with Crippen LogP contribution in [0.5, 0.6) is 0 Å². The third kappa shape index (κ3) is 7.29. The molecule has 34 heavy (non-hydrogen) atoms. The maximum absolute atomic E-state index is 13.0. The minimum absolute atomic E-state index is 0.0995. The van der Waals surface area contributed by atoms with Crippen LogP contribution in [-0.4, -0.2) is 76.4 Å². The van der Waals surface area contributed by atoms with Crippen molar-refractivity contribution in [2.24, 2.45) is 5.92 Å². The third-order valence-corrected chi connectivity index (χ3v) is 8.40. The number of amides is 2. The number of hydrogen-bond donors (Lipinski definition) is 0. The molecule has 1 aromatic rings. The second-order valence-electron chi connectivity index (χ2n) is 9.79. The van der Waals surface area contributed by atoms with E-state index >= 15 is 0 Å². The molecule has 0 aromatic carbocycles. The van der Waals surface area contributed by atoms with Gasteiger partial charge >= 0.3 is 12.2 Å². The molecule has 1 unspecified atom stereocenters. The number of ether oxygens (including phenoxy) is 3. The summed E-state index contributed by atoms with van der Waals surface area (Å²) >= 11 is 0. The molecule has 2 saturated heterocycles. The molecule has 1 aromatic heterocycles. The summed E-state index contributed by atoms with van der Waals surface area (Å²) in [6, 6.07) is 5.44. The normalized spacial score (nSPS) is 21.8. The van der Waals surface area contributed by atoms with Gasteiger partial charge in [0.1, 0.15) is 17.2 Å². The van der Waals surface area contributed by atoms with Crippen molar-refractivity contribution >= 4 is 33.8 Å². The quantitative estimate of drug-likeness (QED) is 0.366. The predicted octanol–water partition coefficient (Wildman–Crippen LogP) is 5.21. The van der Waals surface area contributed by atoms with Crippen molar-refractivity contribution in [1.29, 1.82) is 0 Å². The highest BCUT2D eigenvalue weighted by Gasteiger charge is 2.45. The van der Waals surface area contributed by atoms with Gasteiger partial charge in [0.2, 0.25) is 0 Å². The molecule has 2 fully saturated rings. The van der Waals surface area contributed by atoms with Crippen LogP contribution in [0.3, 0.4) is 0 Å². The molecular formula is C24H35N3O5S2. The van der Waals surface area contributed by atoms with Crippen molar-refractivity contribution in [3.8, 4) is 0 Å². The second kappa shape index (κ2) is 11.7. The fraction of sp³-hybridized carbons (Fsp3) is 0.625. The van der Waals surface area contributed by atoms with E-state index in [1.807, 2.05) is 39.0 Å². The molecule has 2 amide bonds. The Balaban J connectivity index is 1.60. The minimum Gasteiger partial charge on any atom is -0.448 e. The Bertz CT molecular complexity index is 862. The minimum atomic E-state index is -0.614. The van der Waals surface area contributed by atoms with E-state index in [4.69, 9.17) is 14.2 Å². The van der Waals surface area contributed by atoms with Gasteiger partial charge in [-0.25, -0.2) is 14.6 Å². The number of rotatable bonds is 7. The predicted molar refractivity (Wildman–Crippen MR) is 135 cm³/mol. The standard InChI is InChI=1S/C24H35N3O5S2/c1-16(2)19(33-34-20-9-7-8-10-25-20)15-31-22(28)26-11-12-30-21(26)18-13-17(3)14-27(18)23(29)32-24(4,5)6/h7-10,16,18-19,21H,3,11-15H2,1-2,4-6H3/t18-,19+,21?/m0/s1. The highest BCUT2D eigenvalue weighted by atomic mass is 33.1. The van der Waals surface area contributed by atoms with Crippen molar-refractivity contribution in [2.75, 3.05) is 26.3 Å². The summed E-state index contributed by atoms with van der Waals surface area (Å²) < 4.78 is 17.2. The van der Waals surface area contributed by atoms with Crippen LogP contribution in [0.1, 0.15) is 41.0 Å². The fourth-order valence-corrected chi connectivity index (χ4v) is 6.28. The Labute approximate surface area is 210 Å². The number of carbonyl (C=O) groups is 2. The van der Waals surface area contributed by atoms with Crippen LogP contribution >= 0.6 is 21.6 Å². The smallest absolute Gasteiger partial charge is 0.412 e. The van der Waals surface area contributed by atoms with Crippen LogP contribution in [0.2, 0.25) is 0 Å². The highest BCUT2D eigenvalue weighted by molar-refractivity contribution is 8.76. The first-order valence-electron chi connectivity index (χ1n) is 11.5. The monoisotopic (exact) mass is 509 g/mol. The summed E-state index contributed by atoms with van der Waals surface area (Å²) in [4.78, 5) is 33.4. The maximum Gasteiger partial charge on any atom is 0.412 e. The van der Waals surface area contributed by atoms with Crippen LogP contribution in [0.15, 0.2) is 41.6 Å². The van der Waals surface area contributed by atoms with Crippen LogP contribution in [0, 0.1) is 5.92 Å². The Hall–Kier alpha value is -1.91. The van der Waals surface area contributed by atoms with E-state index in [0.717, 1.165) is 10.6 Å². The Morgan fingerprint density at radius 3 is 2.68 bits per heavy atom. The summed E-state index contributed by atoms with van der Waals surface area (Å²) in [6.07, 6.45) is 0.867. The summed E-state index contributed by atoms with van der Waals surface area (Å²) in [5.74, 6) is 0.306. The number of hydrogen-bond acceptors (Lipinski definition) is 8. The fourth-order valence-electron chi connectivity index (χ4n) is 3.68. The first-order chi connectivity index (χ1) is 16.0. The summed E-state index contributed by atoms with van der Waals surface area (Å²) in [7, 11) is 3.23. The molecule has 188 valence electrons. The molecule has 3 rings (SSSR count). The molecule has 2 aliphatic heterocycles. The summed E-state index contributed by atoms with van der Waals surface area (Å²) in [6.45, 7) is 15.2. The zero-order valence-electron chi connectivity index (χ0n) is 20.6. The molecule has 0 N–H and O–H groups in total. The highest BCUT2D eigenvalue weighted by Crippen LogP contribution is 2.36. The second-order valence-corrected chi connectivity index (χ2v) is 12.3. The van der Waals surface area contributed by atoms with E-state index < -0.39 is 24.0 Å².